The lowest BCUT2D eigenvalue weighted by atomic mass is 10.1. The highest BCUT2D eigenvalue weighted by atomic mass is 32.2. The van der Waals surface area contributed by atoms with Crippen LogP contribution in [0.2, 0.25) is 0 Å². The van der Waals surface area contributed by atoms with Crippen molar-refractivity contribution in [2.45, 2.75) is 45.3 Å². The number of aliphatic hydroxyl groups is 1. The zero-order chi connectivity index (χ0) is 14.8. The van der Waals surface area contributed by atoms with Crippen LogP contribution in [-0.4, -0.2) is 25.4 Å². The molecule has 0 bridgehead atoms. The first-order valence-corrected chi connectivity index (χ1v) is 8.84. The molecule has 0 spiro atoms. The molecular weight excluding hydrogens is 274 g/mol. The second-order valence-corrected chi connectivity index (χ2v) is 7.54. The van der Waals surface area contributed by atoms with Crippen LogP contribution in [0.5, 0.6) is 0 Å². The summed E-state index contributed by atoms with van der Waals surface area (Å²) >= 11 is 0. The lowest BCUT2D eigenvalue weighted by Crippen LogP contribution is -2.36. The van der Waals surface area contributed by atoms with E-state index in [9.17, 15) is 13.5 Å². The summed E-state index contributed by atoms with van der Waals surface area (Å²) < 4.78 is 27.1. The van der Waals surface area contributed by atoms with Gasteiger partial charge in [-0.25, -0.2) is 13.1 Å². The Labute approximate surface area is 121 Å². The summed E-state index contributed by atoms with van der Waals surface area (Å²) in [4.78, 5) is 0. The van der Waals surface area contributed by atoms with E-state index in [1.807, 2.05) is 38.1 Å². The van der Waals surface area contributed by atoms with Gasteiger partial charge in [0.25, 0.3) is 0 Å². The zero-order valence-corrected chi connectivity index (χ0v) is 12.9. The number of nitrogens with one attached hydrogen (secondary N) is 1. The van der Waals surface area contributed by atoms with Crippen LogP contribution < -0.4 is 4.72 Å². The fraction of sp³-hybridized carbons (Fsp3) is 0.600. The molecule has 0 saturated carbocycles. The van der Waals surface area contributed by atoms with Crippen molar-refractivity contribution in [1.82, 2.24) is 4.72 Å². The van der Waals surface area contributed by atoms with E-state index in [1.165, 1.54) is 0 Å². The van der Waals surface area contributed by atoms with Gasteiger partial charge in [0.1, 0.15) is 0 Å². The Morgan fingerprint density at radius 1 is 1.40 bits per heavy atom. The lowest BCUT2D eigenvalue weighted by molar-refractivity contribution is 0.151. The smallest absolute Gasteiger partial charge is 0.212 e. The number of fused-ring (bicyclic) bond motifs is 1. The van der Waals surface area contributed by atoms with Gasteiger partial charge in [0.15, 0.2) is 0 Å². The molecule has 0 aromatic heterocycles. The molecule has 5 heteroatoms. The Kier molecular flexibility index (Phi) is 4.83. The van der Waals surface area contributed by atoms with Crippen LogP contribution in [0.1, 0.15) is 43.9 Å². The second-order valence-electron chi connectivity index (χ2n) is 5.74. The van der Waals surface area contributed by atoms with Gasteiger partial charge in [-0.05, 0) is 23.5 Å². The molecule has 3 atom stereocenters. The monoisotopic (exact) mass is 297 g/mol. The van der Waals surface area contributed by atoms with Crippen molar-refractivity contribution in [3.05, 3.63) is 35.4 Å². The fourth-order valence-electron chi connectivity index (χ4n) is 2.91. The van der Waals surface area contributed by atoms with Crippen molar-refractivity contribution in [2.24, 2.45) is 5.92 Å². The molecule has 2 rings (SSSR count). The first-order valence-electron chi connectivity index (χ1n) is 7.19. The van der Waals surface area contributed by atoms with Gasteiger partial charge < -0.3 is 5.11 Å². The molecule has 112 valence electrons. The van der Waals surface area contributed by atoms with Gasteiger partial charge in [-0.3, -0.25) is 0 Å². The molecule has 1 aromatic rings. The number of hydrogen-bond acceptors (Lipinski definition) is 3. The largest absolute Gasteiger partial charge is 0.391 e. The maximum absolute atomic E-state index is 12.2. The first-order chi connectivity index (χ1) is 9.43. The third-order valence-electron chi connectivity index (χ3n) is 3.80. The summed E-state index contributed by atoms with van der Waals surface area (Å²) in [5.41, 5.74) is 1.92. The van der Waals surface area contributed by atoms with E-state index in [2.05, 4.69) is 4.72 Å². The molecule has 0 heterocycles. The Hall–Kier alpha value is -0.910. The van der Waals surface area contributed by atoms with Gasteiger partial charge in [0, 0.05) is 6.42 Å². The van der Waals surface area contributed by atoms with Crippen molar-refractivity contribution >= 4 is 10.0 Å². The van der Waals surface area contributed by atoms with Gasteiger partial charge in [-0.2, -0.15) is 0 Å². The molecule has 20 heavy (non-hydrogen) atoms. The van der Waals surface area contributed by atoms with Crippen molar-refractivity contribution < 1.29 is 13.5 Å². The number of benzene rings is 1. The van der Waals surface area contributed by atoms with E-state index in [1.54, 1.807) is 0 Å². The van der Waals surface area contributed by atoms with Gasteiger partial charge in [-0.15, -0.1) is 0 Å². The third-order valence-corrected chi connectivity index (χ3v) is 5.42. The quantitative estimate of drug-likeness (QED) is 0.844. The summed E-state index contributed by atoms with van der Waals surface area (Å²) in [6.45, 7) is 4.00. The normalized spacial score (nSPS) is 23.6. The molecule has 1 aliphatic carbocycles. The standard InChI is InChI=1S/C15H23NO3S/c1-3-6-11(2)10-20(18,19)16-15-13-8-5-4-7-12(13)9-14(15)17/h4-5,7-8,11,14-17H,3,6,9-10H2,1-2H3/t11?,14-,15+/m1/s1. The van der Waals surface area contributed by atoms with Crippen LogP contribution >= 0.6 is 0 Å². The molecule has 0 radical (unpaired) electrons. The predicted octanol–water partition coefficient (Wildman–Crippen LogP) is 2.00. The number of hydrogen-bond donors (Lipinski definition) is 2. The Morgan fingerprint density at radius 2 is 2.10 bits per heavy atom. The summed E-state index contributed by atoms with van der Waals surface area (Å²) in [6.07, 6.45) is 1.70. The summed E-state index contributed by atoms with van der Waals surface area (Å²) in [7, 11) is -3.37. The van der Waals surface area contributed by atoms with Crippen molar-refractivity contribution in [3.8, 4) is 0 Å². The summed E-state index contributed by atoms with van der Waals surface area (Å²) in [5.74, 6) is 0.248. The van der Waals surface area contributed by atoms with E-state index in [0.29, 0.717) is 6.42 Å². The molecule has 1 aliphatic rings. The molecule has 0 amide bonds. The second kappa shape index (κ2) is 6.24. The average Bonchev–Trinajstić information content (AvgIpc) is 2.65. The van der Waals surface area contributed by atoms with Crippen LogP contribution in [0.3, 0.4) is 0 Å². The van der Waals surface area contributed by atoms with E-state index < -0.39 is 22.2 Å². The molecule has 0 aliphatic heterocycles. The van der Waals surface area contributed by atoms with E-state index in [0.717, 1.165) is 24.0 Å². The van der Waals surface area contributed by atoms with Crippen molar-refractivity contribution in [3.63, 3.8) is 0 Å². The molecular formula is C15H23NO3S. The molecule has 0 saturated heterocycles. The van der Waals surface area contributed by atoms with E-state index in [-0.39, 0.29) is 11.7 Å². The summed E-state index contributed by atoms with van der Waals surface area (Å²) in [6, 6.07) is 7.09. The van der Waals surface area contributed by atoms with E-state index in [4.69, 9.17) is 0 Å². The first kappa shape index (κ1) is 15.5. The highest BCUT2D eigenvalue weighted by molar-refractivity contribution is 7.89. The molecule has 1 unspecified atom stereocenters. The summed E-state index contributed by atoms with van der Waals surface area (Å²) in [5, 5.41) is 10.1. The molecule has 0 fully saturated rings. The van der Waals surface area contributed by atoms with Crippen LogP contribution in [0.25, 0.3) is 0 Å². The number of aliphatic hydroxyl groups excluding tert-OH is 1. The van der Waals surface area contributed by atoms with Gasteiger partial charge in [-0.1, -0.05) is 44.5 Å². The molecule has 2 N–H and O–H groups in total. The zero-order valence-electron chi connectivity index (χ0n) is 12.0. The highest BCUT2D eigenvalue weighted by Gasteiger charge is 2.33. The topological polar surface area (TPSA) is 66.4 Å². The van der Waals surface area contributed by atoms with Crippen LogP contribution in [-0.2, 0) is 16.4 Å². The Morgan fingerprint density at radius 3 is 2.80 bits per heavy atom. The van der Waals surface area contributed by atoms with Crippen molar-refractivity contribution in [1.29, 1.82) is 0 Å². The maximum Gasteiger partial charge on any atom is 0.212 e. The Balaban J connectivity index is 2.10. The minimum absolute atomic E-state index is 0.117. The average molecular weight is 297 g/mol. The highest BCUT2D eigenvalue weighted by Crippen LogP contribution is 2.31. The SMILES string of the molecule is CCCC(C)CS(=O)(=O)N[C@H]1c2ccccc2C[C@H]1O. The third kappa shape index (κ3) is 3.59. The van der Waals surface area contributed by atoms with Gasteiger partial charge in [0.05, 0.1) is 17.9 Å². The molecule has 4 nitrogen and oxygen atoms in total. The van der Waals surface area contributed by atoms with E-state index >= 15 is 0 Å². The van der Waals surface area contributed by atoms with Crippen LogP contribution in [0.4, 0.5) is 0 Å². The van der Waals surface area contributed by atoms with Crippen LogP contribution in [0, 0.1) is 5.92 Å². The maximum atomic E-state index is 12.2. The van der Waals surface area contributed by atoms with Crippen LogP contribution in [0.15, 0.2) is 24.3 Å². The number of sulfonamides is 1. The fourth-order valence-corrected chi connectivity index (χ4v) is 4.59. The van der Waals surface area contributed by atoms with Crippen molar-refractivity contribution in [2.75, 3.05) is 5.75 Å². The van der Waals surface area contributed by atoms with Gasteiger partial charge >= 0.3 is 0 Å². The molecule has 1 aromatic carbocycles. The minimum atomic E-state index is -3.37. The number of rotatable bonds is 6. The Bertz CT molecular complexity index is 556. The van der Waals surface area contributed by atoms with Gasteiger partial charge in [0.2, 0.25) is 10.0 Å². The predicted molar refractivity (Wildman–Crippen MR) is 79.9 cm³/mol. The minimum Gasteiger partial charge on any atom is -0.391 e. The lowest BCUT2D eigenvalue weighted by Gasteiger charge is -2.19.